The lowest BCUT2D eigenvalue weighted by molar-refractivity contribution is 0.414. The predicted octanol–water partition coefficient (Wildman–Crippen LogP) is 4.56. The fourth-order valence-electron chi connectivity index (χ4n) is 1.68. The predicted molar refractivity (Wildman–Crippen MR) is 78.0 cm³/mol. The SMILES string of the molecule is COc1c(C)cc(Cl)cc1Nc1ccc(Br)cn1. The van der Waals surface area contributed by atoms with Crippen molar-refractivity contribution in [2.45, 2.75) is 6.92 Å². The first-order chi connectivity index (χ1) is 8.60. The Bertz CT molecular complexity index is 558. The molecule has 0 aliphatic rings. The van der Waals surface area contributed by atoms with Gasteiger partial charge in [-0.15, -0.1) is 0 Å². The Hall–Kier alpha value is -1.26. The van der Waals surface area contributed by atoms with E-state index in [1.807, 2.05) is 31.2 Å². The van der Waals surface area contributed by atoms with Crippen molar-refractivity contribution >= 4 is 39.0 Å². The van der Waals surface area contributed by atoms with Gasteiger partial charge in [0.1, 0.15) is 11.6 Å². The molecule has 1 heterocycles. The molecule has 0 bridgehead atoms. The Morgan fingerprint density at radius 1 is 1.33 bits per heavy atom. The Morgan fingerprint density at radius 3 is 2.72 bits per heavy atom. The highest BCUT2D eigenvalue weighted by Gasteiger charge is 2.08. The van der Waals surface area contributed by atoms with Crippen molar-refractivity contribution in [2.24, 2.45) is 0 Å². The van der Waals surface area contributed by atoms with E-state index in [-0.39, 0.29) is 0 Å². The van der Waals surface area contributed by atoms with Crippen molar-refractivity contribution < 1.29 is 4.74 Å². The lowest BCUT2D eigenvalue weighted by Gasteiger charge is -2.13. The van der Waals surface area contributed by atoms with Gasteiger partial charge in [0, 0.05) is 15.7 Å². The van der Waals surface area contributed by atoms with Gasteiger partial charge in [-0.3, -0.25) is 0 Å². The van der Waals surface area contributed by atoms with Crippen molar-refractivity contribution in [1.82, 2.24) is 4.98 Å². The normalized spacial score (nSPS) is 10.2. The van der Waals surface area contributed by atoms with E-state index in [1.165, 1.54) is 0 Å². The second-order valence-electron chi connectivity index (χ2n) is 3.79. The van der Waals surface area contributed by atoms with Crippen LogP contribution in [0.5, 0.6) is 5.75 Å². The summed E-state index contributed by atoms with van der Waals surface area (Å²) < 4.78 is 6.30. The zero-order valence-corrected chi connectivity index (χ0v) is 12.3. The number of nitrogens with one attached hydrogen (secondary N) is 1. The van der Waals surface area contributed by atoms with Gasteiger partial charge in [0.15, 0.2) is 0 Å². The van der Waals surface area contributed by atoms with Crippen LogP contribution in [0.3, 0.4) is 0 Å². The Balaban J connectivity index is 2.36. The zero-order chi connectivity index (χ0) is 13.1. The van der Waals surface area contributed by atoms with E-state index in [0.29, 0.717) is 5.02 Å². The summed E-state index contributed by atoms with van der Waals surface area (Å²) in [6.07, 6.45) is 1.73. The van der Waals surface area contributed by atoms with E-state index in [0.717, 1.165) is 27.3 Å². The molecule has 5 heteroatoms. The van der Waals surface area contributed by atoms with Crippen molar-refractivity contribution in [3.05, 3.63) is 45.5 Å². The van der Waals surface area contributed by atoms with Crippen LogP contribution in [-0.4, -0.2) is 12.1 Å². The van der Waals surface area contributed by atoms with Gasteiger partial charge in [0.25, 0.3) is 0 Å². The number of nitrogens with zero attached hydrogens (tertiary/aromatic N) is 1. The maximum atomic E-state index is 6.05. The summed E-state index contributed by atoms with van der Waals surface area (Å²) in [6.45, 7) is 1.95. The number of aromatic nitrogens is 1. The molecule has 0 unspecified atom stereocenters. The second kappa shape index (κ2) is 5.59. The highest BCUT2D eigenvalue weighted by molar-refractivity contribution is 9.10. The molecule has 18 heavy (non-hydrogen) atoms. The average Bonchev–Trinajstić information content (AvgIpc) is 2.32. The molecular formula is C13H12BrClN2O. The zero-order valence-electron chi connectivity index (χ0n) is 10.00. The number of aryl methyl sites for hydroxylation is 1. The lowest BCUT2D eigenvalue weighted by Crippen LogP contribution is -1.98. The summed E-state index contributed by atoms with van der Waals surface area (Å²) in [7, 11) is 1.64. The van der Waals surface area contributed by atoms with Crippen LogP contribution >= 0.6 is 27.5 Å². The number of rotatable bonds is 3. The smallest absolute Gasteiger partial charge is 0.145 e. The van der Waals surface area contributed by atoms with Crippen LogP contribution in [0.25, 0.3) is 0 Å². The minimum Gasteiger partial charge on any atom is -0.494 e. The third kappa shape index (κ3) is 2.94. The summed E-state index contributed by atoms with van der Waals surface area (Å²) in [6, 6.07) is 7.47. The van der Waals surface area contributed by atoms with Gasteiger partial charge in [-0.2, -0.15) is 0 Å². The van der Waals surface area contributed by atoms with Crippen molar-refractivity contribution in [2.75, 3.05) is 12.4 Å². The van der Waals surface area contributed by atoms with E-state index in [1.54, 1.807) is 13.3 Å². The Labute approximate surface area is 119 Å². The molecule has 94 valence electrons. The maximum absolute atomic E-state index is 6.05. The molecule has 2 rings (SSSR count). The van der Waals surface area contributed by atoms with E-state index >= 15 is 0 Å². The monoisotopic (exact) mass is 326 g/mol. The third-order valence-electron chi connectivity index (χ3n) is 2.43. The van der Waals surface area contributed by atoms with Gasteiger partial charge >= 0.3 is 0 Å². The van der Waals surface area contributed by atoms with E-state index in [4.69, 9.17) is 16.3 Å². The van der Waals surface area contributed by atoms with Gasteiger partial charge in [-0.05, 0) is 52.7 Å². The molecule has 3 nitrogen and oxygen atoms in total. The molecule has 1 aromatic carbocycles. The molecule has 1 N–H and O–H groups in total. The molecule has 1 aromatic heterocycles. The van der Waals surface area contributed by atoms with Crippen LogP contribution in [-0.2, 0) is 0 Å². The first-order valence-corrected chi connectivity index (χ1v) is 6.50. The molecule has 0 amide bonds. The minimum absolute atomic E-state index is 0.660. The molecule has 0 fully saturated rings. The van der Waals surface area contributed by atoms with Crippen LogP contribution in [0.15, 0.2) is 34.9 Å². The van der Waals surface area contributed by atoms with Gasteiger partial charge in [-0.25, -0.2) is 4.98 Å². The average molecular weight is 328 g/mol. The number of anilines is 2. The summed E-state index contributed by atoms with van der Waals surface area (Å²) >= 11 is 9.39. The molecule has 0 spiro atoms. The van der Waals surface area contributed by atoms with Crippen molar-refractivity contribution in [3.8, 4) is 5.75 Å². The Morgan fingerprint density at radius 2 is 2.11 bits per heavy atom. The van der Waals surface area contributed by atoms with Gasteiger partial charge < -0.3 is 10.1 Å². The summed E-state index contributed by atoms with van der Waals surface area (Å²) in [4.78, 5) is 4.25. The second-order valence-corrected chi connectivity index (χ2v) is 5.14. The molecule has 0 aliphatic heterocycles. The van der Waals surface area contributed by atoms with E-state index in [2.05, 4.69) is 26.2 Å². The fourth-order valence-corrected chi connectivity index (χ4v) is 2.19. The van der Waals surface area contributed by atoms with Crippen LogP contribution < -0.4 is 10.1 Å². The molecule has 0 aliphatic carbocycles. The van der Waals surface area contributed by atoms with Crippen molar-refractivity contribution in [3.63, 3.8) is 0 Å². The first kappa shape index (κ1) is 13.2. The molecule has 0 atom stereocenters. The minimum atomic E-state index is 0.660. The number of hydrogen-bond acceptors (Lipinski definition) is 3. The van der Waals surface area contributed by atoms with E-state index < -0.39 is 0 Å². The quantitative estimate of drug-likeness (QED) is 0.897. The topological polar surface area (TPSA) is 34.1 Å². The molecule has 2 aromatic rings. The molecule has 0 saturated carbocycles. The largest absolute Gasteiger partial charge is 0.494 e. The van der Waals surface area contributed by atoms with Crippen LogP contribution in [0.2, 0.25) is 5.02 Å². The number of benzene rings is 1. The first-order valence-electron chi connectivity index (χ1n) is 5.33. The van der Waals surface area contributed by atoms with Gasteiger partial charge in [-0.1, -0.05) is 11.6 Å². The van der Waals surface area contributed by atoms with Crippen LogP contribution in [0.4, 0.5) is 11.5 Å². The standard InChI is InChI=1S/C13H12BrClN2O/c1-8-5-10(15)6-11(13(8)18-2)17-12-4-3-9(14)7-16-12/h3-7H,1-2H3,(H,16,17). The number of halogens is 2. The number of pyridine rings is 1. The number of methoxy groups -OCH3 is 1. The number of hydrogen-bond donors (Lipinski definition) is 1. The van der Waals surface area contributed by atoms with Crippen molar-refractivity contribution in [1.29, 1.82) is 0 Å². The van der Waals surface area contributed by atoms with E-state index in [9.17, 15) is 0 Å². The summed E-state index contributed by atoms with van der Waals surface area (Å²) in [5, 5.41) is 3.85. The molecule has 0 radical (unpaired) electrons. The summed E-state index contributed by atoms with van der Waals surface area (Å²) in [5.74, 6) is 1.50. The maximum Gasteiger partial charge on any atom is 0.145 e. The number of ether oxygens (including phenoxy) is 1. The highest BCUT2D eigenvalue weighted by atomic mass is 79.9. The third-order valence-corrected chi connectivity index (χ3v) is 3.12. The molecular weight excluding hydrogens is 316 g/mol. The van der Waals surface area contributed by atoms with Gasteiger partial charge in [0.05, 0.1) is 12.8 Å². The highest BCUT2D eigenvalue weighted by Crippen LogP contribution is 2.33. The van der Waals surface area contributed by atoms with Gasteiger partial charge in [0.2, 0.25) is 0 Å². The van der Waals surface area contributed by atoms with Crippen LogP contribution in [0.1, 0.15) is 5.56 Å². The van der Waals surface area contributed by atoms with Crippen LogP contribution in [0, 0.1) is 6.92 Å². The lowest BCUT2D eigenvalue weighted by atomic mass is 10.2. The summed E-state index contributed by atoms with van der Waals surface area (Å²) in [5.41, 5.74) is 1.78. The fraction of sp³-hybridized carbons (Fsp3) is 0.154. The Kier molecular flexibility index (Phi) is 4.09. The molecule has 0 saturated heterocycles.